The first-order valence-electron chi connectivity index (χ1n) is 8.15. The Morgan fingerprint density at radius 2 is 1.77 bits per heavy atom. The van der Waals surface area contributed by atoms with E-state index in [1.54, 1.807) is 13.3 Å². The van der Waals surface area contributed by atoms with Gasteiger partial charge < -0.3 is 14.6 Å². The van der Waals surface area contributed by atoms with Crippen molar-refractivity contribution in [3.05, 3.63) is 78.1 Å². The van der Waals surface area contributed by atoms with Crippen LogP contribution in [0.15, 0.2) is 71.8 Å². The van der Waals surface area contributed by atoms with Gasteiger partial charge in [-0.05, 0) is 55.5 Å². The van der Waals surface area contributed by atoms with E-state index >= 15 is 0 Å². The van der Waals surface area contributed by atoms with Gasteiger partial charge in [0, 0.05) is 17.1 Å². The molecule has 26 heavy (non-hydrogen) atoms. The number of urea groups is 1. The summed E-state index contributed by atoms with van der Waals surface area (Å²) in [6.45, 7) is 2.01. The summed E-state index contributed by atoms with van der Waals surface area (Å²) < 4.78 is 7.24. The molecule has 0 aliphatic heterocycles. The molecule has 0 spiro atoms. The van der Waals surface area contributed by atoms with E-state index < -0.39 is 6.03 Å². The number of carbonyl (C=O) groups is 1. The second kappa shape index (κ2) is 8.02. The number of carbonyl (C=O) groups excluding carboxylic acids is 1. The molecule has 0 aliphatic carbocycles. The van der Waals surface area contributed by atoms with Crippen molar-refractivity contribution in [3.63, 3.8) is 0 Å². The van der Waals surface area contributed by atoms with Crippen molar-refractivity contribution in [1.82, 2.24) is 9.99 Å². The summed E-state index contributed by atoms with van der Waals surface area (Å²) in [6, 6.07) is 20.5. The van der Waals surface area contributed by atoms with E-state index in [-0.39, 0.29) is 0 Å². The number of hydrogen-bond donors (Lipinski definition) is 2. The van der Waals surface area contributed by atoms with Crippen LogP contribution in [0, 0.1) is 6.92 Å². The monoisotopic (exact) mass is 348 g/mol. The Bertz CT molecular complexity index is 899. The van der Waals surface area contributed by atoms with Gasteiger partial charge in [-0.2, -0.15) is 5.10 Å². The lowest BCUT2D eigenvalue weighted by molar-refractivity contribution is 0.252. The van der Waals surface area contributed by atoms with E-state index in [0.29, 0.717) is 5.69 Å². The number of aromatic nitrogens is 1. The van der Waals surface area contributed by atoms with Crippen molar-refractivity contribution >= 4 is 17.9 Å². The fourth-order valence-electron chi connectivity index (χ4n) is 2.58. The molecule has 132 valence electrons. The second-order valence-corrected chi connectivity index (χ2v) is 5.62. The maximum Gasteiger partial charge on any atom is 0.339 e. The van der Waals surface area contributed by atoms with Gasteiger partial charge in [-0.15, -0.1) is 0 Å². The third-order valence-electron chi connectivity index (χ3n) is 3.83. The maximum atomic E-state index is 11.9. The van der Waals surface area contributed by atoms with Crippen LogP contribution in [-0.2, 0) is 0 Å². The number of hydrazone groups is 1. The minimum atomic E-state index is -0.397. The second-order valence-electron chi connectivity index (χ2n) is 5.62. The molecule has 3 aromatic rings. The minimum Gasteiger partial charge on any atom is -0.497 e. The number of hydrogen-bond acceptors (Lipinski definition) is 3. The number of amides is 2. The zero-order chi connectivity index (χ0) is 18.4. The lowest BCUT2D eigenvalue weighted by Gasteiger charge is -2.10. The summed E-state index contributed by atoms with van der Waals surface area (Å²) in [4.78, 5) is 11.9. The number of nitrogens with one attached hydrogen (secondary N) is 2. The Morgan fingerprint density at radius 1 is 1.04 bits per heavy atom. The molecule has 0 saturated carbocycles. The van der Waals surface area contributed by atoms with Crippen LogP contribution < -0.4 is 15.5 Å². The van der Waals surface area contributed by atoms with Crippen molar-refractivity contribution in [2.24, 2.45) is 5.10 Å². The first-order valence-corrected chi connectivity index (χ1v) is 8.15. The average Bonchev–Trinajstić information content (AvgIpc) is 3.03. The molecule has 1 aromatic heterocycles. The number of methoxy groups -OCH3 is 1. The molecule has 0 unspecified atom stereocenters. The van der Waals surface area contributed by atoms with Crippen LogP contribution in [0.1, 0.15) is 11.4 Å². The van der Waals surface area contributed by atoms with Gasteiger partial charge in [0.15, 0.2) is 0 Å². The zero-order valence-corrected chi connectivity index (χ0v) is 14.6. The Hall–Kier alpha value is -3.54. The van der Waals surface area contributed by atoms with Crippen molar-refractivity contribution < 1.29 is 9.53 Å². The number of para-hydroxylation sites is 1. The van der Waals surface area contributed by atoms with Gasteiger partial charge in [0.1, 0.15) is 5.75 Å². The summed E-state index contributed by atoms with van der Waals surface area (Å²) in [5.41, 5.74) is 6.08. The summed E-state index contributed by atoms with van der Waals surface area (Å²) in [5, 5.41) is 6.75. The molecule has 6 nitrogen and oxygen atoms in total. The average molecular weight is 348 g/mol. The smallest absolute Gasteiger partial charge is 0.339 e. The molecule has 2 aromatic carbocycles. The highest BCUT2D eigenvalue weighted by Crippen LogP contribution is 2.19. The molecule has 3 rings (SSSR count). The maximum absolute atomic E-state index is 11.9. The standard InChI is InChI=1S/C20H20N4O2/c1-15-8-9-18(24(15)17-10-12-19(26-2)13-11-17)14-21-23-20(25)22-16-6-4-3-5-7-16/h3-14H,1-2H3,(H2,22,23,25)/b21-14-. The molecule has 2 N–H and O–H groups in total. The van der Waals surface area contributed by atoms with Gasteiger partial charge in [-0.3, -0.25) is 0 Å². The molecule has 1 heterocycles. The molecule has 2 amide bonds. The lowest BCUT2D eigenvalue weighted by Crippen LogP contribution is -2.24. The molecular formula is C20H20N4O2. The van der Waals surface area contributed by atoms with Gasteiger partial charge in [0.05, 0.1) is 19.0 Å². The fraction of sp³-hybridized carbons (Fsp3) is 0.100. The Labute approximate surface area is 152 Å². The van der Waals surface area contributed by atoms with Gasteiger partial charge >= 0.3 is 6.03 Å². The molecule has 0 bridgehead atoms. The summed E-state index contributed by atoms with van der Waals surface area (Å²) >= 11 is 0. The van der Waals surface area contributed by atoms with Gasteiger partial charge in [-0.25, -0.2) is 10.2 Å². The molecule has 0 radical (unpaired) electrons. The van der Waals surface area contributed by atoms with Gasteiger partial charge in [0.2, 0.25) is 0 Å². The number of rotatable bonds is 5. The van der Waals surface area contributed by atoms with E-state index in [1.165, 1.54) is 0 Å². The van der Waals surface area contributed by atoms with Crippen LogP contribution in [0.3, 0.4) is 0 Å². The predicted molar refractivity (Wildman–Crippen MR) is 103 cm³/mol. The van der Waals surface area contributed by atoms with Crippen LogP contribution in [0.5, 0.6) is 5.75 Å². The van der Waals surface area contributed by atoms with Crippen LogP contribution in [0.4, 0.5) is 10.5 Å². The fourth-order valence-corrected chi connectivity index (χ4v) is 2.58. The highest BCUT2D eigenvalue weighted by molar-refractivity contribution is 5.90. The lowest BCUT2D eigenvalue weighted by atomic mass is 10.3. The summed E-state index contributed by atoms with van der Waals surface area (Å²) in [6.07, 6.45) is 1.61. The van der Waals surface area contributed by atoms with Gasteiger partial charge in [0.25, 0.3) is 0 Å². The van der Waals surface area contributed by atoms with Crippen molar-refractivity contribution in [2.45, 2.75) is 6.92 Å². The van der Waals surface area contributed by atoms with E-state index in [4.69, 9.17) is 4.74 Å². The van der Waals surface area contributed by atoms with Crippen molar-refractivity contribution in [3.8, 4) is 11.4 Å². The van der Waals surface area contributed by atoms with E-state index in [2.05, 4.69) is 15.8 Å². The summed E-state index contributed by atoms with van der Waals surface area (Å²) in [7, 11) is 1.64. The number of benzene rings is 2. The topological polar surface area (TPSA) is 67.6 Å². The Kier molecular flexibility index (Phi) is 5.34. The largest absolute Gasteiger partial charge is 0.497 e. The van der Waals surface area contributed by atoms with Gasteiger partial charge in [-0.1, -0.05) is 18.2 Å². The molecule has 6 heteroatoms. The quantitative estimate of drug-likeness (QED) is 0.541. The highest BCUT2D eigenvalue weighted by atomic mass is 16.5. The molecule has 0 saturated heterocycles. The van der Waals surface area contributed by atoms with Crippen LogP contribution in [0.25, 0.3) is 5.69 Å². The van der Waals surface area contributed by atoms with Crippen LogP contribution in [-0.4, -0.2) is 23.9 Å². The van der Waals surface area contributed by atoms with Crippen LogP contribution in [0.2, 0.25) is 0 Å². The number of anilines is 1. The first kappa shape index (κ1) is 17.3. The van der Waals surface area contributed by atoms with E-state index in [0.717, 1.165) is 22.8 Å². The first-order chi connectivity index (χ1) is 12.7. The SMILES string of the molecule is COc1ccc(-n2c(C)ccc2/C=N\NC(=O)Nc2ccccc2)cc1. The van der Waals surface area contributed by atoms with Crippen molar-refractivity contribution in [2.75, 3.05) is 12.4 Å². The zero-order valence-electron chi connectivity index (χ0n) is 14.6. The normalized spacial score (nSPS) is 10.7. The molecule has 0 atom stereocenters. The number of nitrogens with zero attached hydrogens (tertiary/aromatic N) is 2. The highest BCUT2D eigenvalue weighted by Gasteiger charge is 2.06. The molecular weight excluding hydrogens is 328 g/mol. The van der Waals surface area contributed by atoms with E-state index in [1.807, 2.05) is 78.2 Å². The summed E-state index contributed by atoms with van der Waals surface area (Å²) in [5.74, 6) is 0.799. The predicted octanol–water partition coefficient (Wildman–Crippen LogP) is 3.95. The molecule has 0 fully saturated rings. The Balaban J connectivity index is 1.70. The molecule has 0 aliphatic rings. The van der Waals surface area contributed by atoms with Crippen molar-refractivity contribution in [1.29, 1.82) is 0 Å². The number of ether oxygens (including phenoxy) is 1. The van der Waals surface area contributed by atoms with Crippen LogP contribution >= 0.6 is 0 Å². The van der Waals surface area contributed by atoms with E-state index in [9.17, 15) is 4.79 Å². The Morgan fingerprint density at radius 3 is 2.46 bits per heavy atom. The third kappa shape index (κ3) is 4.10. The number of aryl methyl sites for hydroxylation is 1. The minimum absolute atomic E-state index is 0.397. The third-order valence-corrected chi connectivity index (χ3v) is 3.83.